The van der Waals surface area contributed by atoms with E-state index in [1.54, 1.807) is 0 Å². The molecule has 4 N–H and O–H groups in total. The molecular formula is C16H24N2O3. The minimum absolute atomic E-state index is 0.140. The van der Waals surface area contributed by atoms with Crippen LogP contribution in [0.4, 0.5) is 0 Å². The van der Waals surface area contributed by atoms with Crippen LogP contribution in [0.3, 0.4) is 0 Å². The monoisotopic (exact) mass is 292 g/mol. The highest BCUT2D eigenvalue weighted by Crippen LogP contribution is 2.06. The number of nitrogens with two attached hydrogens (primary N) is 1. The van der Waals surface area contributed by atoms with E-state index in [0.29, 0.717) is 12.8 Å². The van der Waals surface area contributed by atoms with Gasteiger partial charge in [0.2, 0.25) is 5.91 Å². The van der Waals surface area contributed by atoms with Gasteiger partial charge in [-0.1, -0.05) is 43.7 Å². The lowest BCUT2D eigenvalue weighted by Crippen LogP contribution is -2.43. The Morgan fingerprint density at radius 1 is 1.24 bits per heavy atom. The molecule has 0 radical (unpaired) electrons. The van der Waals surface area contributed by atoms with E-state index in [9.17, 15) is 9.59 Å². The van der Waals surface area contributed by atoms with E-state index in [4.69, 9.17) is 10.8 Å². The molecule has 1 aromatic rings. The Hall–Kier alpha value is -1.88. The summed E-state index contributed by atoms with van der Waals surface area (Å²) in [7, 11) is 0. The largest absolute Gasteiger partial charge is 0.481 e. The third kappa shape index (κ3) is 6.40. The van der Waals surface area contributed by atoms with Gasteiger partial charge in [0.15, 0.2) is 0 Å². The molecule has 1 rings (SSSR count). The molecule has 116 valence electrons. The third-order valence-electron chi connectivity index (χ3n) is 3.43. The van der Waals surface area contributed by atoms with Crippen LogP contribution in [0.25, 0.3) is 0 Å². The fourth-order valence-electron chi connectivity index (χ4n) is 2.11. The van der Waals surface area contributed by atoms with Crippen LogP contribution in [0.5, 0.6) is 0 Å². The van der Waals surface area contributed by atoms with Crippen LogP contribution < -0.4 is 11.1 Å². The van der Waals surface area contributed by atoms with Crippen molar-refractivity contribution in [2.45, 2.75) is 38.6 Å². The van der Waals surface area contributed by atoms with Crippen LogP contribution in [-0.4, -0.2) is 29.6 Å². The average Bonchev–Trinajstić information content (AvgIpc) is 2.49. The Labute approximate surface area is 125 Å². The number of amides is 1. The fraction of sp³-hybridized carbons (Fsp3) is 0.500. The summed E-state index contributed by atoms with van der Waals surface area (Å²) in [6.07, 6.45) is 2.59. The van der Waals surface area contributed by atoms with Gasteiger partial charge in [-0.25, -0.2) is 0 Å². The predicted octanol–water partition coefficient (Wildman–Crippen LogP) is 1.56. The molecule has 0 saturated heterocycles. The lowest BCUT2D eigenvalue weighted by Gasteiger charge is -2.15. The number of carbonyl (C=O) groups is 2. The van der Waals surface area contributed by atoms with Crippen molar-refractivity contribution < 1.29 is 14.7 Å². The second-order valence-electron chi connectivity index (χ2n) is 5.20. The molecule has 5 nitrogen and oxygen atoms in total. The van der Waals surface area contributed by atoms with Gasteiger partial charge in [0.05, 0.1) is 12.0 Å². The molecule has 1 amide bonds. The maximum atomic E-state index is 11.9. The molecule has 0 aliphatic rings. The van der Waals surface area contributed by atoms with Gasteiger partial charge >= 0.3 is 5.97 Å². The van der Waals surface area contributed by atoms with Crippen molar-refractivity contribution in [1.29, 1.82) is 0 Å². The van der Waals surface area contributed by atoms with Gasteiger partial charge in [0.25, 0.3) is 0 Å². The van der Waals surface area contributed by atoms with Gasteiger partial charge in [0, 0.05) is 6.54 Å². The quantitative estimate of drug-likeness (QED) is 0.644. The molecule has 0 heterocycles. The molecule has 0 aliphatic carbocycles. The summed E-state index contributed by atoms with van der Waals surface area (Å²) in [5.74, 6) is -1.71. The van der Waals surface area contributed by atoms with E-state index in [0.717, 1.165) is 18.4 Å². The van der Waals surface area contributed by atoms with Gasteiger partial charge in [-0.05, 0) is 24.8 Å². The summed E-state index contributed by atoms with van der Waals surface area (Å²) in [6.45, 7) is 2.06. The summed E-state index contributed by atoms with van der Waals surface area (Å²) in [4.78, 5) is 22.9. The molecule has 0 aliphatic heterocycles. The number of aryl methyl sites for hydroxylation is 1. The zero-order valence-electron chi connectivity index (χ0n) is 12.4. The zero-order chi connectivity index (χ0) is 15.7. The first kappa shape index (κ1) is 17.2. The fourth-order valence-corrected chi connectivity index (χ4v) is 2.11. The molecule has 0 fully saturated rings. The number of hydrogen-bond donors (Lipinski definition) is 3. The maximum Gasteiger partial charge on any atom is 0.308 e. The SMILES string of the molecule is CCCC(CNC(=O)[C@@H](N)CCc1ccccc1)C(=O)O. The highest BCUT2D eigenvalue weighted by molar-refractivity contribution is 5.82. The second-order valence-corrected chi connectivity index (χ2v) is 5.20. The lowest BCUT2D eigenvalue weighted by molar-refractivity contribution is -0.142. The average molecular weight is 292 g/mol. The normalized spacial score (nSPS) is 13.4. The summed E-state index contributed by atoms with van der Waals surface area (Å²) >= 11 is 0. The van der Waals surface area contributed by atoms with E-state index in [1.165, 1.54) is 0 Å². The summed E-state index contributed by atoms with van der Waals surface area (Å²) in [5, 5.41) is 11.7. The van der Waals surface area contributed by atoms with Crippen LogP contribution in [0.2, 0.25) is 0 Å². The van der Waals surface area contributed by atoms with E-state index in [1.807, 2.05) is 37.3 Å². The maximum absolute atomic E-state index is 11.9. The topological polar surface area (TPSA) is 92.4 Å². The Kier molecular flexibility index (Phi) is 7.46. The molecule has 0 aromatic heterocycles. The highest BCUT2D eigenvalue weighted by atomic mass is 16.4. The van der Waals surface area contributed by atoms with Gasteiger partial charge in [-0.3, -0.25) is 9.59 Å². The number of carboxylic acid groups (broad SMARTS) is 1. The first-order valence-corrected chi connectivity index (χ1v) is 7.34. The van der Waals surface area contributed by atoms with Crippen molar-refractivity contribution in [2.24, 2.45) is 11.7 Å². The number of nitrogens with one attached hydrogen (secondary N) is 1. The molecule has 0 spiro atoms. The minimum atomic E-state index is -0.880. The van der Waals surface area contributed by atoms with E-state index in [-0.39, 0.29) is 12.5 Å². The predicted molar refractivity (Wildman–Crippen MR) is 81.8 cm³/mol. The standard InChI is InChI=1S/C16H24N2O3/c1-2-6-13(16(20)21)11-18-15(19)14(17)10-9-12-7-4-3-5-8-12/h3-5,7-8,13-14H,2,6,9-11,17H2,1H3,(H,18,19)(H,20,21)/t13?,14-/m0/s1. The van der Waals surface area contributed by atoms with Crippen molar-refractivity contribution in [2.75, 3.05) is 6.54 Å². The molecule has 21 heavy (non-hydrogen) atoms. The Balaban J connectivity index is 2.35. The number of aliphatic carboxylic acids is 1. The molecular weight excluding hydrogens is 268 g/mol. The van der Waals surface area contributed by atoms with E-state index < -0.39 is 17.9 Å². The molecule has 5 heteroatoms. The lowest BCUT2D eigenvalue weighted by atomic mass is 10.0. The van der Waals surface area contributed by atoms with E-state index >= 15 is 0 Å². The number of carbonyl (C=O) groups excluding carboxylic acids is 1. The number of rotatable bonds is 9. The first-order valence-electron chi connectivity index (χ1n) is 7.34. The Morgan fingerprint density at radius 3 is 2.48 bits per heavy atom. The van der Waals surface area contributed by atoms with Crippen molar-refractivity contribution in [3.63, 3.8) is 0 Å². The number of carboxylic acids is 1. The molecule has 1 aromatic carbocycles. The molecule has 0 saturated carbocycles. The Morgan fingerprint density at radius 2 is 1.90 bits per heavy atom. The van der Waals surface area contributed by atoms with Crippen molar-refractivity contribution in [1.82, 2.24) is 5.32 Å². The summed E-state index contributed by atoms with van der Waals surface area (Å²) < 4.78 is 0. The molecule has 1 unspecified atom stereocenters. The minimum Gasteiger partial charge on any atom is -0.481 e. The Bertz CT molecular complexity index is 448. The third-order valence-corrected chi connectivity index (χ3v) is 3.43. The van der Waals surface area contributed by atoms with Crippen LogP contribution >= 0.6 is 0 Å². The van der Waals surface area contributed by atoms with Crippen molar-refractivity contribution >= 4 is 11.9 Å². The van der Waals surface area contributed by atoms with Crippen LogP contribution in [0.1, 0.15) is 31.7 Å². The summed E-state index contributed by atoms with van der Waals surface area (Å²) in [6, 6.07) is 9.21. The molecule has 0 bridgehead atoms. The molecule has 2 atom stereocenters. The second kappa shape index (κ2) is 9.13. The van der Waals surface area contributed by atoms with Crippen molar-refractivity contribution in [3.05, 3.63) is 35.9 Å². The number of benzene rings is 1. The van der Waals surface area contributed by atoms with Gasteiger partial charge in [-0.15, -0.1) is 0 Å². The van der Waals surface area contributed by atoms with Crippen LogP contribution in [0, 0.1) is 5.92 Å². The van der Waals surface area contributed by atoms with E-state index in [2.05, 4.69) is 5.32 Å². The van der Waals surface area contributed by atoms with Gasteiger partial charge < -0.3 is 16.2 Å². The van der Waals surface area contributed by atoms with Crippen LogP contribution in [0.15, 0.2) is 30.3 Å². The van der Waals surface area contributed by atoms with Gasteiger partial charge in [0.1, 0.15) is 0 Å². The van der Waals surface area contributed by atoms with Crippen LogP contribution in [-0.2, 0) is 16.0 Å². The smallest absolute Gasteiger partial charge is 0.308 e. The van der Waals surface area contributed by atoms with Crippen molar-refractivity contribution in [3.8, 4) is 0 Å². The van der Waals surface area contributed by atoms with Gasteiger partial charge in [-0.2, -0.15) is 0 Å². The highest BCUT2D eigenvalue weighted by Gasteiger charge is 2.19. The zero-order valence-corrected chi connectivity index (χ0v) is 12.4. The first-order chi connectivity index (χ1) is 10.0. The summed E-state index contributed by atoms with van der Waals surface area (Å²) in [5.41, 5.74) is 6.98. The number of hydrogen-bond acceptors (Lipinski definition) is 3.